The number of imide groups is 1. The number of halogens is 2. The van der Waals surface area contributed by atoms with Crippen LogP contribution in [0, 0.1) is 0 Å². The number of fused-ring (bicyclic) bond motifs is 1. The smallest absolute Gasteiger partial charge is 0.464 e. The summed E-state index contributed by atoms with van der Waals surface area (Å²) >= 11 is 12.0. The fraction of sp³-hybridized carbons (Fsp3) is 0.190. The fourth-order valence-electron chi connectivity index (χ4n) is 2.83. The summed E-state index contributed by atoms with van der Waals surface area (Å²) in [6, 6.07) is 8.93. The summed E-state index contributed by atoms with van der Waals surface area (Å²) in [5.74, 6) is -0.666. The normalized spacial score (nSPS) is 14.6. The number of carboxylic acid groups (broad SMARTS) is 1. The second kappa shape index (κ2) is 8.01. The van der Waals surface area contributed by atoms with Crippen molar-refractivity contribution in [3.05, 3.63) is 57.6 Å². The Morgan fingerprint density at radius 1 is 1.07 bits per heavy atom. The molecule has 0 fully saturated rings. The van der Waals surface area contributed by atoms with Gasteiger partial charge in [-0.15, -0.1) is 0 Å². The number of ether oxygens (including phenoxy) is 2. The van der Waals surface area contributed by atoms with Crippen LogP contribution in [-0.2, 0) is 9.53 Å². The summed E-state index contributed by atoms with van der Waals surface area (Å²) in [7, 11) is 0. The average Bonchev–Trinajstić information content (AvgIpc) is 2.87. The van der Waals surface area contributed by atoms with E-state index >= 15 is 0 Å². The highest BCUT2D eigenvalue weighted by molar-refractivity contribution is 6.42. The van der Waals surface area contributed by atoms with Crippen LogP contribution >= 0.6 is 23.2 Å². The van der Waals surface area contributed by atoms with E-state index in [0.717, 1.165) is 0 Å². The van der Waals surface area contributed by atoms with E-state index in [1.807, 2.05) is 0 Å². The molecule has 2 amide bonds. The van der Waals surface area contributed by atoms with E-state index in [1.54, 1.807) is 32.9 Å². The van der Waals surface area contributed by atoms with Crippen molar-refractivity contribution in [1.82, 2.24) is 0 Å². The minimum atomic E-state index is -1.44. The first kappa shape index (κ1) is 21.7. The highest BCUT2D eigenvalue weighted by atomic mass is 35.5. The molecule has 0 radical (unpaired) electrons. The second-order valence-electron chi connectivity index (χ2n) is 7.39. The van der Waals surface area contributed by atoms with Gasteiger partial charge >= 0.3 is 12.2 Å². The number of carbonyl (C=O) groups is 3. The van der Waals surface area contributed by atoms with Crippen molar-refractivity contribution in [1.29, 1.82) is 0 Å². The van der Waals surface area contributed by atoms with E-state index in [-0.39, 0.29) is 22.0 Å². The summed E-state index contributed by atoms with van der Waals surface area (Å²) in [5.41, 5.74) is 0.132. The predicted molar refractivity (Wildman–Crippen MR) is 113 cm³/mol. The number of anilines is 1. The molecule has 1 heterocycles. The second-order valence-corrected chi connectivity index (χ2v) is 8.26. The van der Waals surface area contributed by atoms with E-state index in [0.29, 0.717) is 21.0 Å². The molecule has 0 bridgehead atoms. The van der Waals surface area contributed by atoms with Crippen molar-refractivity contribution < 1.29 is 29.0 Å². The Bertz CT molecular complexity index is 1090. The van der Waals surface area contributed by atoms with Gasteiger partial charge in [-0.3, -0.25) is 4.79 Å². The van der Waals surface area contributed by atoms with Crippen LogP contribution in [0.5, 0.6) is 5.75 Å². The van der Waals surface area contributed by atoms with Crippen LogP contribution in [-0.4, -0.2) is 28.9 Å². The summed E-state index contributed by atoms with van der Waals surface area (Å²) < 4.78 is 10.4. The maximum Gasteiger partial charge on any atom is 0.514 e. The van der Waals surface area contributed by atoms with Crippen molar-refractivity contribution in [2.45, 2.75) is 26.4 Å². The quantitative estimate of drug-likeness (QED) is 0.349. The van der Waals surface area contributed by atoms with E-state index in [9.17, 15) is 19.5 Å². The van der Waals surface area contributed by atoms with Crippen LogP contribution in [0.15, 0.2) is 36.4 Å². The van der Waals surface area contributed by atoms with Gasteiger partial charge in [0.15, 0.2) is 0 Å². The van der Waals surface area contributed by atoms with Gasteiger partial charge in [-0.2, -0.15) is 0 Å². The zero-order chi connectivity index (χ0) is 22.2. The Morgan fingerprint density at radius 2 is 1.70 bits per heavy atom. The van der Waals surface area contributed by atoms with Gasteiger partial charge in [-0.05, 0) is 57.2 Å². The molecule has 1 aliphatic heterocycles. The summed E-state index contributed by atoms with van der Waals surface area (Å²) in [5, 5.41) is 10.1. The number of rotatable bonds is 2. The van der Waals surface area contributed by atoms with Gasteiger partial charge in [0.05, 0.1) is 11.3 Å². The third-order valence-corrected chi connectivity index (χ3v) is 4.44. The third-order valence-electron chi connectivity index (χ3n) is 3.97. The molecular weight excluding hydrogens is 433 g/mol. The number of benzene rings is 2. The molecule has 30 heavy (non-hydrogen) atoms. The van der Waals surface area contributed by atoms with E-state index in [4.69, 9.17) is 32.7 Å². The molecule has 9 heteroatoms. The molecule has 0 atom stereocenters. The van der Waals surface area contributed by atoms with Crippen LogP contribution in [0.3, 0.4) is 0 Å². The molecule has 0 saturated heterocycles. The standard InChI is InChI=1S/C21H17Cl2NO6/c1-21(2,3)30-20(28)29-17-7-5-12(22)8-11(17)9-15-14-6-4-13(23)10-16(14)24(18(15)25)19(26)27/h4-10H,1-3H3,(H,26,27)/b15-9-. The first-order valence-corrected chi connectivity index (χ1v) is 9.51. The third kappa shape index (κ3) is 4.58. The van der Waals surface area contributed by atoms with E-state index < -0.39 is 23.8 Å². The van der Waals surface area contributed by atoms with Gasteiger partial charge in [0.2, 0.25) is 0 Å². The molecule has 2 aromatic rings. The van der Waals surface area contributed by atoms with Crippen LogP contribution in [0.1, 0.15) is 31.9 Å². The maximum absolute atomic E-state index is 12.8. The Balaban J connectivity index is 2.07. The predicted octanol–water partition coefficient (Wildman–Crippen LogP) is 5.87. The van der Waals surface area contributed by atoms with Gasteiger partial charge in [0, 0.05) is 21.2 Å². The molecule has 0 saturated carbocycles. The number of hydrogen-bond donors (Lipinski definition) is 1. The molecule has 0 spiro atoms. The molecular formula is C21H17Cl2NO6. The van der Waals surface area contributed by atoms with Gasteiger partial charge in [-0.1, -0.05) is 29.3 Å². The molecule has 0 aliphatic carbocycles. The molecule has 7 nitrogen and oxygen atoms in total. The SMILES string of the molecule is CC(C)(C)OC(=O)Oc1ccc(Cl)cc1/C=C1\C(=O)N(C(=O)O)c2cc(Cl)ccc21. The van der Waals surface area contributed by atoms with Crippen molar-refractivity contribution in [2.75, 3.05) is 4.90 Å². The molecule has 2 aromatic carbocycles. The molecule has 3 rings (SSSR count). The van der Waals surface area contributed by atoms with Crippen molar-refractivity contribution in [3.63, 3.8) is 0 Å². The lowest BCUT2D eigenvalue weighted by molar-refractivity contribution is -0.112. The number of nitrogens with zero attached hydrogens (tertiary/aromatic N) is 1. The summed E-state index contributed by atoms with van der Waals surface area (Å²) in [6.45, 7) is 5.08. The molecule has 0 aromatic heterocycles. The lowest BCUT2D eigenvalue weighted by Gasteiger charge is -2.19. The zero-order valence-electron chi connectivity index (χ0n) is 16.2. The van der Waals surface area contributed by atoms with E-state index in [1.165, 1.54) is 30.3 Å². The largest absolute Gasteiger partial charge is 0.514 e. The zero-order valence-corrected chi connectivity index (χ0v) is 17.7. The summed E-state index contributed by atoms with van der Waals surface area (Å²) in [6.07, 6.45) is -0.964. The van der Waals surface area contributed by atoms with Crippen molar-refractivity contribution >= 4 is 58.7 Å². The van der Waals surface area contributed by atoms with Crippen LogP contribution in [0.25, 0.3) is 11.6 Å². The highest BCUT2D eigenvalue weighted by Gasteiger charge is 2.37. The average molecular weight is 450 g/mol. The maximum atomic E-state index is 12.8. The van der Waals surface area contributed by atoms with Crippen LogP contribution in [0.2, 0.25) is 10.0 Å². The Hall–Kier alpha value is -3.03. The molecule has 1 aliphatic rings. The minimum Gasteiger partial charge on any atom is -0.464 e. The number of amides is 2. The number of carbonyl (C=O) groups excluding carboxylic acids is 2. The topological polar surface area (TPSA) is 93.1 Å². The van der Waals surface area contributed by atoms with Crippen LogP contribution in [0.4, 0.5) is 15.3 Å². The lowest BCUT2D eigenvalue weighted by atomic mass is 10.0. The highest BCUT2D eigenvalue weighted by Crippen LogP contribution is 2.40. The fourth-order valence-corrected chi connectivity index (χ4v) is 3.18. The lowest BCUT2D eigenvalue weighted by Crippen LogP contribution is -2.31. The van der Waals surface area contributed by atoms with Gasteiger partial charge in [0.25, 0.3) is 5.91 Å². The van der Waals surface area contributed by atoms with Gasteiger partial charge in [0.1, 0.15) is 11.4 Å². The van der Waals surface area contributed by atoms with Gasteiger partial charge in [-0.25, -0.2) is 14.5 Å². The monoisotopic (exact) mass is 449 g/mol. The first-order chi connectivity index (χ1) is 14.0. The summed E-state index contributed by atoms with van der Waals surface area (Å²) in [4.78, 5) is 37.1. The van der Waals surface area contributed by atoms with Crippen LogP contribution < -0.4 is 9.64 Å². The Labute approximate surface area is 182 Å². The number of hydrogen-bond acceptors (Lipinski definition) is 5. The van der Waals surface area contributed by atoms with Crippen molar-refractivity contribution in [2.24, 2.45) is 0 Å². The Morgan fingerprint density at radius 3 is 2.33 bits per heavy atom. The first-order valence-electron chi connectivity index (χ1n) is 8.75. The minimum absolute atomic E-state index is 0.0837. The molecule has 1 N–H and O–H groups in total. The van der Waals surface area contributed by atoms with E-state index in [2.05, 4.69) is 0 Å². The van der Waals surface area contributed by atoms with Crippen molar-refractivity contribution in [3.8, 4) is 5.75 Å². The van der Waals surface area contributed by atoms with Gasteiger partial charge < -0.3 is 14.6 Å². The molecule has 156 valence electrons. The molecule has 0 unspecified atom stereocenters. The Kier molecular flexibility index (Phi) is 5.78.